The van der Waals surface area contributed by atoms with Crippen molar-refractivity contribution in [3.8, 4) is 0 Å². The summed E-state index contributed by atoms with van der Waals surface area (Å²) in [4.78, 5) is 17.7. The zero-order chi connectivity index (χ0) is 13.3. The molecule has 0 aliphatic carbocycles. The second-order valence-corrected chi connectivity index (χ2v) is 5.22. The molecule has 2 atom stereocenters. The highest BCUT2D eigenvalue weighted by atomic mass is 79.9. The van der Waals surface area contributed by atoms with Crippen LogP contribution in [0.4, 0.5) is 4.39 Å². The van der Waals surface area contributed by atoms with E-state index >= 15 is 0 Å². The highest BCUT2D eigenvalue weighted by Crippen LogP contribution is 2.17. The first kappa shape index (κ1) is 13.4. The van der Waals surface area contributed by atoms with Crippen LogP contribution in [-0.2, 0) is 4.74 Å². The van der Waals surface area contributed by atoms with Gasteiger partial charge in [0.15, 0.2) is 5.82 Å². The third-order valence-electron chi connectivity index (χ3n) is 2.75. The first-order valence-corrected chi connectivity index (χ1v) is 6.52. The number of hydrogen-bond donors (Lipinski definition) is 0. The SMILES string of the molecule is C[C@@H]1CN(C(=O)c2cnc(Br)c(F)c2)C[C@H](C)O1. The summed E-state index contributed by atoms with van der Waals surface area (Å²) in [5.41, 5.74) is 0.261. The van der Waals surface area contributed by atoms with Gasteiger partial charge in [-0.3, -0.25) is 4.79 Å². The fourth-order valence-corrected chi connectivity index (χ4v) is 2.28. The molecular weight excluding hydrogens is 303 g/mol. The van der Waals surface area contributed by atoms with Gasteiger partial charge in [-0.2, -0.15) is 0 Å². The highest BCUT2D eigenvalue weighted by Gasteiger charge is 2.27. The standard InChI is InChI=1S/C12H14BrFN2O2/c1-7-5-16(6-8(2)18-7)12(17)9-3-10(14)11(13)15-4-9/h3-4,7-8H,5-6H2,1-2H3/t7-,8+. The third kappa shape index (κ3) is 2.87. The van der Waals surface area contributed by atoms with Gasteiger partial charge in [0.2, 0.25) is 0 Å². The predicted octanol–water partition coefficient (Wildman–Crippen LogP) is 2.23. The summed E-state index contributed by atoms with van der Waals surface area (Å²) < 4.78 is 19.0. The van der Waals surface area contributed by atoms with Crippen molar-refractivity contribution in [3.63, 3.8) is 0 Å². The van der Waals surface area contributed by atoms with Crippen molar-refractivity contribution < 1.29 is 13.9 Å². The second-order valence-electron chi connectivity index (χ2n) is 4.46. The van der Waals surface area contributed by atoms with Crippen LogP contribution in [-0.4, -0.2) is 41.1 Å². The molecule has 1 amide bonds. The van der Waals surface area contributed by atoms with Crippen LogP contribution in [0.3, 0.4) is 0 Å². The third-order valence-corrected chi connectivity index (χ3v) is 3.33. The molecule has 1 aromatic heterocycles. The fourth-order valence-electron chi connectivity index (χ4n) is 2.06. The lowest BCUT2D eigenvalue weighted by Gasteiger charge is -2.35. The van der Waals surface area contributed by atoms with Crippen molar-refractivity contribution in [2.24, 2.45) is 0 Å². The van der Waals surface area contributed by atoms with Crippen LogP contribution in [0.1, 0.15) is 24.2 Å². The van der Waals surface area contributed by atoms with Crippen LogP contribution in [0.5, 0.6) is 0 Å². The largest absolute Gasteiger partial charge is 0.372 e. The molecule has 2 rings (SSSR count). The Balaban J connectivity index is 2.17. The molecule has 4 nitrogen and oxygen atoms in total. The number of ether oxygens (including phenoxy) is 1. The second kappa shape index (κ2) is 5.32. The van der Waals surface area contributed by atoms with Crippen molar-refractivity contribution in [1.29, 1.82) is 0 Å². The monoisotopic (exact) mass is 316 g/mol. The molecule has 1 aliphatic heterocycles. The molecule has 1 fully saturated rings. The van der Waals surface area contributed by atoms with Crippen LogP contribution >= 0.6 is 15.9 Å². The summed E-state index contributed by atoms with van der Waals surface area (Å²) in [6.45, 7) is 4.86. The van der Waals surface area contributed by atoms with E-state index in [0.29, 0.717) is 13.1 Å². The first-order valence-electron chi connectivity index (χ1n) is 5.73. The molecular formula is C12H14BrFN2O2. The van der Waals surface area contributed by atoms with Gasteiger partial charge in [-0.15, -0.1) is 0 Å². The number of carbonyl (C=O) groups excluding carboxylic acids is 1. The Morgan fingerprint density at radius 1 is 1.50 bits per heavy atom. The van der Waals surface area contributed by atoms with E-state index in [2.05, 4.69) is 20.9 Å². The summed E-state index contributed by atoms with van der Waals surface area (Å²) in [5.74, 6) is -0.744. The summed E-state index contributed by atoms with van der Waals surface area (Å²) >= 11 is 2.96. The van der Waals surface area contributed by atoms with E-state index in [-0.39, 0.29) is 28.3 Å². The number of nitrogens with zero attached hydrogens (tertiary/aromatic N) is 2. The van der Waals surface area contributed by atoms with E-state index in [1.165, 1.54) is 12.3 Å². The van der Waals surface area contributed by atoms with Gasteiger partial charge in [0.05, 0.1) is 17.8 Å². The number of rotatable bonds is 1. The smallest absolute Gasteiger partial charge is 0.255 e. The lowest BCUT2D eigenvalue weighted by atomic mass is 10.2. The zero-order valence-corrected chi connectivity index (χ0v) is 11.8. The molecule has 2 heterocycles. The topological polar surface area (TPSA) is 42.4 Å². The van der Waals surface area contributed by atoms with Crippen molar-refractivity contribution in [3.05, 3.63) is 28.2 Å². The average molecular weight is 317 g/mol. The molecule has 18 heavy (non-hydrogen) atoms. The molecule has 0 bridgehead atoms. The zero-order valence-electron chi connectivity index (χ0n) is 10.2. The Bertz CT molecular complexity index is 459. The van der Waals surface area contributed by atoms with E-state index < -0.39 is 5.82 Å². The van der Waals surface area contributed by atoms with Crippen molar-refractivity contribution in [1.82, 2.24) is 9.88 Å². The van der Waals surface area contributed by atoms with Gasteiger partial charge in [-0.25, -0.2) is 9.37 Å². The van der Waals surface area contributed by atoms with Gasteiger partial charge in [-0.1, -0.05) is 0 Å². The highest BCUT2D eigenvalue weighted by molar-refractivity contribution is 9.10. The average Bonchev–Trinajstić information content (AvgIpc) is 2.30. The van der Waals surface area contributed by atoms with Gasteiger partial charge in [0, 0.05) is 19.3 Å². The maximum Gasteiger partial charge on any atom is 0.255 e. The number of morpholine rings is 1. The van der Waals surface area contributed by atoms with Gasteiger partial charge in [0.25, 0.3) is 5.91 Å². The van der Waals surface area contributed by atoms with Gasteiger partial charge in [-0.05, 0) is 35.8 Å². The Morgan fingerprint density at radius 2 is 2.11 bits per heavy atom. The summed E-state index contributed by atoms with van der Waals surface area (Å²) in [6, 6.07) is 1.20. The molecule has 0 radical (unpaired) electrons. The maximum absolute atomic E-state index is 13.4. The summed E-state index contributed by atoms with van der Waals surface area (Å²) in [6.07, 6.45) is 1.36. The number of pyridine rings is 1. The molecule has 0 unspecified atom stereocenters. The quantitative estimate of drug-likeness (QED) is 0.746. The number of hydrogen-bond acceptors (Lipinski definition) is 3. The normalized spacial score (nSPS) is 24.1. The number of amides is 1. The van der Waals surface area contributed by atoms with Crippen LogP contribution in [0.25, 0.3) is 0 Å². The molecule has 0 saturated carbocycles. The minimum atomic E-state index is -0.532. The molecule has 6 heteroatoms. The van der Waals surface area contributed by atoms with Crippen LogP contribution in [0.2, 0.25) is 0 Å². The fraction of sp³-hybridized carbons (Fsp3) is 0.500. The van der Waals surface area contributed by atoms with E-state index in [0.717, 1.165) is 0 Å². The van der Waals surface area contributed by atoms with Gasteiger partial charge >= 0.3 is 0 Å². The molecule has 1 aromatic rings. The summed E-state index contributed by atoms with van der Waals surface area (Å²) in [7, 11) is 0. The van der Waals surface area contributed by atoms with E-state index in [1.54, 1.807) is 4.90 Å². The first-order chi connectivity index (χ1) is 8.47. The number of halogens is 2. The van der Waals surface area contributed by atoms with Crippen LogP contribution in [0, 0.1) is 5.82 Å². The lowest BCUT2D eigenvalue weighted by Crippen LogP contribution is -2.48. The molecule has 1 aliphatic rings. The number of carbonyl (C=O) groups is 1. The Morgan fingerprint density at radius 3 is 2.67 bits per heavy atom. The number of aromatic nitrogens is 1. The van der Waals surface area contributed by atoms with Crippen molar-refractivity contribution in [2.75, 3.05) is 13.1 Å². The minimum Gasteiger partial charge on any atom is -0.372 e. The maximum atomic E-state index is 13.4. The lowest BCUT2D eigenvalue weighted by molar-refractivity contribution is -0.0586. The van der Waals surface area contributed by atoms with Crippen molar-refractivity contribution in [2.45, 2.75) is 26.1 Å². The van der Waals surface area contributed by atoms with Crippen molar-refractivity contribution >= 4 is 21.8 Å². The molecule has 0 aromatic carbocycles. The molecule has 98 valence electrons. The Hall–Kier alpha value is -1.01. The van der Waals surface area contributed by atoms with E-state index in [9.17, 15) is 9.18 Å². The van der Waals surface area contributed by atoms with E-state index in [1.807, 2.05) is 13.8 Å². The van der Waals surface area contributed by atoms with E-state index in [4.69, 9.17) is 4.74 Å². The molecule has 1 saturated heterocycles. The van der Waals surface area contributed by atoms with Crippen LogP contribution in [0.15, 0.2) is 16.9 Å². The van der Waals surface area contributed by atoms with Crippen LogP contribution < -0.4 is 0 Å². The minimum absolute atomic E-state index is 0.00838. The Kier molecular flexibility index (Phi) is 3.97. The molecule has 0 N–H and O–H groups in total. The molecule has 0 spiro atoms. The predicted molar refractivity (Wildman–Crippen MR) is 67.8 cm³/mol. The summed E-state index contributed by atoms with van der Waals surface area (Å²) in [5, 5.41) is 0. The Labute approximate surface area is 113 Å². The van der Waals surface area contributed by atoms with Gasteiger partial charge < -0.3 is 9.64 Å². The van der Waals surface area contributed by atoms with Gasteiger partial charge in [0.1, 0.15) is 4.60 Å².